The molecule has 1 fully saturated rings. The molecule has 0 aromatic heterocycles. The topological polar surface area (TPSA) is 113 Å². The van der Waals surface area contributed by atoms with Gasteiger partial charge in [-0.3, -0.25) is 4.79 Å². The number of carboxylic acids is 1. The highest BCUT2D eigenvalue weighted by Gasteiger charge is 2.29. The molecule has 0 aromatic rings. The molecule has 0 bridgehead atoms. The van der Waals surface area contributed by atoms with Crippen molar-refractivity contribution in [2.75, 3.05) is 13.1 Å². The first-order valence-electron chi connectivity index (χ1n) is 6.53. The molecule has 2 atom stereocenters. The molecular formula is C12H21N3O4. The van der Waals surface area contributed by atoms with Crippen LogP contribution in [0.5, 0.6) is 0 Å². The molecular weight excluding hydrogens is 250 g/mol. The van der Waals surface area contributed by atoms with Gasteiger partial charge < -0.3 is 21.1 Å². The van der Waals surface area contributed by atoms with Crippen molar-refractivity contribution in [2.24, 2.45) is 11.7 Å². The number of primary amides is 1. The van der Waals surface area contributed by atoms with Crippen LogP contribution in [0.3, 0.4) is 0 Å². The quantitative estimate of drug-likeness (QED) is 0.660. The third-order valence-corrected chi connectivity index (χ3v) is 3.28. The summed E-state index contributed by atoms with van der Waals surface area (Å²) < 4.78 is 0. The molecule has 7 nitrogen and oxygen atoms in total. The molecule has 4 N–H and O–H groups in total. The minimum Gasteiger partial charge on any atom is -0.480 e. The molecule has 108 valence electrons. The molecule has 0 saturated carbocycles. The number of carbonyl (C=O) groups is 3. The van der Waals surface area contributed by atoms with Crippen molar-refractivity contribution < 1.29 is 19.5 Å². The zero-order chi connectivity index (χ0) is 14.4. The second-order valence-corrected chi connectivity index (χ2v) is 4.82. The summed E-state index contributed by atoms with van der Waals surface area (Å²) in [5, 5.41) is 11.5. The number of hydrogen-bond acceptors (Lipinski definition) is 3. The van der Waals surface area contributed by atoms with Crippen molar-refractivity contribution >= 4 is 17.9 Å². The van der Waals surface area contributed by atoms with E-state index in [0.29, 0.717) is 32.2 Å². The molecule has 0 radical (unpaired) electrons. The summed E-state index contributed by atoms with van der Waals surface area (Å²) >= 11 is 0. The summed E-state index contributed by atoms with van der Waals surface area (Å²) in [7, 11) is 0. The average molecular weight is 271 g/mol. The van der Waals surface area contributed by atoms with Crippen LogP contribution >= 0.6 is 0 Å². The Balaban J connectivity index is 2.56. The highest BCUT2D eigenvalue weighted by molar-refractivity contribution is 5.83. The van der Waals surface area contributed by atoms with Crippen LogP contribution in [0.2, 0.25) is 0 Å². The largest absolute Gasteiger partial charge is 0.480 e. The first kappa shape index (κ1) is 15.3. The molecule has 1 aliphatic rings. The van der Waals surface area contributed by atoms with Gasteiger partial charge >= 0.3 is 12.0 Å². The lowest BCUT2D eigenvalue weighted by Gasteiger charge is -2.32. The highest BCUT2D eigenvalue weighted by Crippen LogP contribution is 2.16. The van der Waals surface area contributed by atoms with Crippen molar-refractivity contribution in [1.82, 2.24) is 10.2 Å². The van der Waals surface area contributed by atoms with E-state index in [9.17, 15) is 14.4 Å². The van der Waals surface area contributed by atoms with Crippen LogP contribution in [-0.4, -0.2) is 47.0 Å². The zero-order valence-electron chi connectivity index (χ0n) is 11.1. The molecule has 1 aliphatic heterocycles. The number of likely N-dealkylation sites (tertiary alicyclic amines) is 1. The molecule has 3 amide bonds. The lowest BCUT2D eigenvalue weighted by Crippen LogP contribution is -2.52. The summed E-state index contributed by atoms with van der Waals surface area (Å²) in [4.78, 5) is 35.5. The second kappa shape index (κ2) is 6.96. The number of nitrogens with one attached hydrogen (secondary N) is 1. The highest BCUT2D eigenvalue weighted by atomic mass is 16.4. The summed E-state index contributed by atoms with van der Waals surface area (Å²) in [6.07, 6.45) is 2.43. The van der Waals surface area contributed by atoms with E-state index >= 15 is 0 Å². The fraction of sp³-hybridized carbons (Fsp3) is 0.750. The minimum absolute atomic E-state index is 0.264. The van der Waals surface area contributed by atoms with E-state index in [2.05, 4.69) is 5.32 Å². The Bertz CT molecular complexity index is 359. The van der Waals surface area contributed by atoms with Gasteiger partial charge in [-0.15, -0.1) is 0 Å². The van der Waals surface area contributed by atoms with Gasteiger partial charge in [0.1, 0.15) is 6.04 Å². The van der Waals surface area contributed by atoms with Crippen LogP contribution in [0.4, 0.5) is 4.79 Å². The van der Waals surface area contributed by atoms with E-state index < -0.39 is 23.9 Å². The number of amides is 3. The minimum atomic E-state index is -1.04. The molecule has 1 unspecified atom stereocenters. The van der Waals surface area contributed by atoms with Crippen LogP contribution in [0.15, 0.2) is 0 Å². The number of aliphatic carboxylic acids is 1. The number of piperidine rings is 1. The van der Waals surface area contributed by atoms with Gasteiger partial charge in [0.05, 0.1) is 5.92 Å². The fourth-order valence-corrected chi connectivity index (χ4v) is 2.18. The number of carboxylic acid groups (broad SMARTS) is 1. The van der Waals surface area contributed by atoms with Gasteiger partial charge in [0.15, 0.2) is 0 Å². The standard InChI is InChI=1S/C12H21N3O4/c1-2-4-9(11(17)18)14-12(19)15-6-3-5-8(7-15)10(13)16/h8-9H,2-7H2,1H3,(H2,13,16)(H,14,19)(H,17,18)/t8?,9-/m1/s1. The van der Waals surface area contributed by atoms with Gasteiger partial charge in [-0.25, -0.2) is 9.59 Å². The number of carbonyl (C=O) groups excluding carboxylic acids is 2. The maximum atomic E-state index is 12.0. The summed E-state index contributed by atoms with van der Waals surface area (Å²) in [5.74, 6) is -1.80. The number of urea groups is 1. The van der Waals surface area contributed by atoms with Gasteiger partial charge in [-0.05, 0) is 19.3 Å². The van der Waals surface area contributed by atoms with Gasteiger partial charge in [0.25, 0.3) is 0 Å². The van der Waals surface area contributed by atoms with Crippen LogP contribution in [0, 0.1) is 5.92 Å². The van der Waals surface area contributed by atoms with Gasteiger partial charge in [0.2, 0.25) is 5.91 Å². The molecule has 0 spiro atoms. The van der Waals surface area contributed by atoms with Crippen LogP contribution < -0.4 is 11.1 Å². The third-order valence-electron chi connectivity index (χ3n) is 3.28. The number of rotatable bonds is 5. The molecule has 0 aromatic carbocycles. The molecule has 1 saturated heterocycles. The summed E-state index contributed by atoms with van der Waals surface area (Å²) in [5.41, 5.74) is 5.24. The van der Waals surface area contributed by atoms with Crippen molar-refractivity contribution in [3.63, 3.8) is 0 Å². The predicted molar refractivity (Wildman–Crippen MR) is 68.4 cm³/mol. The smallest absolute Gasteiger partial charge is 0.326 e. The Morgan fingerprint density at radius 2 is 2.16 bits per heavy atom. The molecule has 1 rings (SSSR count). The Hall–Kier alpha value is -1.79. The van der Waals surface area contributed by atoms with E-state index in [1.165, 1.54) is 4.90 Å². The maximum absolute atomic E-state index is 12.0. The van der Waals surface area contributed by atoms with E-state index in [-0.39, 0.29) is 12.5 Å². The third kappa shape index (κ3) is 4.42. The summed E-state index contributed by atoms with van der Waals surface area (Å²) in [6.45, 7) is 2.64. The number of hydrogen-bond donors (Lipinski definition) is 3. The number of nitrogens with zero attached hydrogens (tertiary/aromatic N) is 1. The van der Waals surface area contributed by atoms with E-state index in [4.69, 9.17) is 10.8 Å². The Morgan fingerprint density at radius 3 is 2.68 bits per heavy atom. The van der Waals surface area contributed by atoms with Crippen molar-refractivity contribution in [1.29, 1.82) is 0 Å². The zero-order valence-corrected chi connectivity index (χ0v) is 11.1. The lowest BCUT2D eigenvalue weighted by atomic mass is 9.98. The molecule has 7 heteroatoms. The molecule has 19 heavy (non-hydrogen) atoms. The Labute approximate surface area is 112 Å². The number of nitrogens with two attached hydrogens (primary N) is 1. The van der Waals surface area contributed by atoms with Crippen molar-refractivity contribution in [3.8, 4) is 0 Å². The lowest BCUT2D eigenvalue weighted by molar-refractivity contribution is -0.139. The first-order chi connectivity index (χ1) is 8.95. The fourth-order valence-electron chi connectivity index (χ4n) is 2.18. The van der Waals surface area contributed by atoms with Gasteiger partial charge in [0, 0.05) is 13.1 Å². The van der Waals surface area contributed by atoms with E-state index in [1.807, 2.05) is 6.92 Å². The Morgan fingerprint density at radius 1 is 1.47 bits per heavy atom. The van der Waals surface area contributed by atoms with Gasteiger partial charge in [-0.2, -0.15) is 0 Å². The predicted octanol–water partition coefficient (Wildman–Crippen LogP) is 0.147. The molecule has 1 heterocycles. The SMILES string of the molecule is CCC[C@@H](NC(=O)N1CCCC(C(N)=O)C1)C(=O)O. The molecule has 0 aliphatic carbocycles. The van der Waals surface area contributed by atoms with E-state index in [1.54, 1.807) is 0 Å². The van der Waals surface area contributed by atoms with Crippen LogP contribution in [0.1, 0.15) is 32.6 Å². The monoisotopic (exact) mass is 271 g/mol. The van der Waals surface area contributed by atoms with Crippen LogP contribution in [-0.2, 0) is 9.59 Å². The summed E-state index contributed by atoms with van der Waals surface area (Å²) in [6, 6.07) is -1.32. The van der Waals surface area contributed by atoms with Gasteiger partial charge in [-0.1, -0.05) is 13.3 Å². The normalized spacial score (nSPS) is 20.7. The van der Waals surface area contributed by atoms with E-state index in [0.717, 1.165) is 0 Å². The van der Waals surface area contributed by atoms with Crippen LogP contribution in [0.25, 0.3) is 0 Å². The first-order valence-corrected chi connectivity index (χ1v) is 6.53. The average Bonchev–Trinajstić information content (AvgIpc) is 2.38. The second-order valence-electron chi connectivity index (χ2n) is 4.82. The maximum Gasteiger partial charge on any atom is 0.326 e. The van der Waals surface area contributed by atoms with Crippen molar-refractivity contribution in [3.05, 3.63) is 0 Å². The Kier molecular flexibility index (Phi) is 5.59. The van der Waals surface area contributed by atoms with Crippen molar-refractivity contribution in [2.45, 2.75) is 38.6 Å².